The minimum atomic E-state index is -0.389. The second-order valence-corrected chi connectivity index (χ2v) is 5.09. The molecule has 0 saturated carbocycles. The Morgan fingerprint density at radius 3 is 2.22 bits per heavy atom. The van der Waals surface area contributed by atoms with Gasteiger partial charge >= 0.3 is 5.97 Å². The molecular weight excluding hydrogens is 297 g/mol. The number of hydrogen-bond acceptors (Lipinski definition) is 3. The molecule has 2 rings (SSSR count). The van der Waals surface area contributed by atoms with E-state index in [0.29, 0.717) is 24.9 Å². The van der Waals surface area contributed by atoms with Crippen LogP contribution in [0.15, 0.2) is 48.5 Å². The number of nitrogens with one attached hydrogen (secondary N) is 1. The summed E-state index contributed by atoms with van der Waals surface area (Å²) in [6.45, 7) is 0.393. The lowest BCUT2D eigenvalue weighted by Gasteiger charge is -2.06. The Balaban J connectivity index is 1.77. The van der Waals surface area contributed by atoms with Gasteiger partial charge in [0, 0.05) is 13.0 Å². The zero-order chi connectivity index (χ0) is 16.7. The molecule has 1 N–H and O–H groups in total. The largest absolute Gasteiger partial charge is 0.465 e. The first-order valence-corrected chi connectivity index (χ1v) is 7.27. The lowest BCUT2D eigenvalue weighted by molar-refractivity contribution is -0.121. The van der Waals surface area contributed by atoms with Crippen LogP contribution < -0.4 is 5.32 Å². The summed E-state index contributed by atoms with van der Waals surface area (Å²) in [6, 6.07) is 13.0. The molecule has 4 nitrogen and oxygen atoms in total. The van der Waals surface area contributed by atoms with Crippen LogP contribution in [0, 0.1) is 5.82 Å². The molecular formula is C18H18FNO3. The average Bonchev–Trinajstić information content (AvgIpc) is 2.59. The molecule has 0 aromatic heterocycles. The molecule has 1 amide bonds. The lowest BCUT2D eigenvalue weighted by atomic mass is 10.1. The molecule has 0 fully saturated rings. The van der Waals surface area contributed by atoms with Gasteiger partial charge in [-0.1, -0.05) is 24.3 Å². The highest BCUT2D eigenvalue weighted by Gasteiger charge is 2.06. The van der Waals surface area contributed by atoms with Gasteiger partial charge in [0.2, 0.25) is 5.91 Å². The minimum Gasteiger partial charge on any atom is -0.465 e. The molecule has 2 aromatic carbocycles. The van der Waals surface area contributed by atoms with Crippen molar-refractivity contribution >= 4 is 11.9 Å². The Kier molecular flexibility index (Phi) is 5.86. The number of hydrogen-bond donors (Lipinski definition) is 1. The molecule has 0 unspecified atom stereocenters. The molecule has 0 aliphatic heterocycles. The van der Waals surface area contributed by atoms with E-state index in [1.54, 1.807) is 36.4 Å². The number of halogens is 1. The molecule has 0 aliphatic rings. The number of aryl methyl sites for hydroxylation is 1. The first-order valence-electron chi connectivity index (χ1n) is 7.27. The first-order chi connectivity index (χ1) is 11.1. The number of benzene rings is 2. The predicted molar refractivity (Wildman–Crippen MR) is 84.3 cm³/mol. The Hall–Kier alpha value is -2.69. The van der Waals surface area contributed by atoms with Crippen LogP contribution in [0.5, 0.6) is 0 Å². The average molecular weight is 315 g/mol. The molecule has 0 saturated heterocycles. The summed E-state index contributed by atoms with van der Waals surface area (Å²) in [5.74, 6) is -0.750. The van der Waals surface area contributed by atoms with Crippen molar-refractivity contribution in [2.45, 2.75) is 19.4 Å². The van der Waals surface area contributed by atoms with E-state index < -0.39 is 0 Å². The number of methoxy groups -OCH3 is 1. The number of carbonyl (C=O) groups excluding carboxylic acids is 2. The van der Waals surface area contributed by atoms with Crippen LogP contribution in [-0.4, -0.2) is 19.0 Å². The first kappa shape index (κ1) is 16.7. The molecule has 0 aliphatic carbocycles. The van der Waals surface area contributed by atoms with Gasteiger partial charge in [0.25, 0.3) is 0 Å². The Bertz CT molecular complexity index is 666. The summed E-state index contributed by atoms with van der Waals surface area (Å²) < 4.78 is 17.4. The molecule has 0 heterocycles. The second kappa shape index (κ2) is 8.08. The van der Waals surface area contributed by atoms with Gasteiger partial charge in [-0.05, 0) is 41.8 Å². The van der Waals surface area contributed by atoms with E-state index in [0.717, 1.165) is 11.1 Å². The molecule has 0 bridgehead atoms. The number of carbonyl (C=O) groups is 2. The van der Waals surface area contributed by atoms with Crippen LogP contribution >= 0.6 is 0 Å². The minimum absolute atomic E-state index is 0.0774. The molecule has 0 radical (unpaired) electrons. The summed E-state index contributed by atoms with van der Waals surface area (Å²) in [6.07, 6.45) is 0.902. The van der Waals surface area contributed by atoms with Gasteiger partial charge in [0.05, 0.1) is 12.7 Å². The third-order valence-corrected chi connectivity index (χ3v) is 3.42. The van der Waals surface area contributed by atoms with Gasteiger partial charge in [-0.3, -0.25) is 4.79 Å². The topological polar surface area (TPSA) is 55.4 Å². The van der Waals surface area contributed by atoms with E-state index in [-0.39, 0.29) is 17.7 Å². The highest BCUT2D eigenvalue weighted by Crippen LogP contribution is 2.07. The molecule has 2 aromatic rings. The van der Waals surface area contributed by atoms with E-state index in [1.807, 2.05) is 0 Å². The monoisotopic (exact) mass is 315 g/mol. The van der Waals surface area contributed by atoms with Crippen molar-refractivity contribution in [2.24, 2.45) is 0 Å². The number of amides is 1. The summed E-state index contributed by atoms with van der Waals surface area (Å²) in [4.78, 5) is 23.1. The third-order valence-electron chi connectivity index (χ3n) is 3.42. The summed E-state index contributed by atoms with van der Waals surface area (Å²) >= 11 is 0. The maximum atomic E-state index is 12.8. The highest BCUT2D eigenvalue weighted by atomic mass is 19.1. The van der Waals surface area contributed by atoms with Gasteiger partial charge in [-0.25, -0.2) is 9.18 Å². The predicted octanol–water partition coefficient (Wildman–Crippen LogP) is 2.86. The van der Waals surface area contributed by atoms with Gasteiger partial charge in [-0.15, -0.1) is 0 Å². The quantitative estimate of drug-likeness (QED) is 0.834. The van der Waals surface area contributed by atoms with Crippen LogP contribution in [0.3, 0.4) is 0 Å². The van der Waals surface area contributed by atoms with Crippen molar-refractivity contribution in [1.82, 2.24) is 5.32 Å². The van der Waals surface area contributed by atoms with Crippen molar-refractivity contribution in [2.75, 3.05) is 7.11 Å². The maximum absolute atomic E-state index is 12.8. The zero-order valence-electron chi connectivity index (χ0n) is 12.8. The van der Waals surface area contributed by atoms with Crippen molar-refractivity contribution < 1.29 is 18.7 Å². The van der Waals surface area contributed by atoms with Gasteiger partial charge in [0.1, 0.15) is 5.82 Å². The highest BCUT2D eigenvalue weighted by molar-refractivity contribution is 5.89. The fourth-order valence-electron chi connectivity index (χ4n) is 2.07. The Morgan fingerprint density at radius 1 is 1.00 bits per heavy atom. The molecule has 120 valence electrons. The normalized spacial score (nSPS) is 10.2. The standard InChI is InChI=1S/C18H18FNO3/c1-23-18(22)15-7-2-14(3-8-15)12-20-17(21)11-6-13-4-9-16(19)10-5-13/h2-5,7-10H,6,11-12H2,1H3,(H,20,21). The van der Waals surface area contributed by atoms with Crippen LogP contribution in [0.1, 0.15) is 27.9 Å². The van der Waals surface area contributed by atoms with Crippen LogP contribution in [-0.2, 0) is 22.5 Å². The van der Waals surface area contributed by atoms with E-state index in [9.17, 15) is 14.0 Å². The second-order valence-electron chi connectivity index (χ2n) is 5.09. The molecule has 0 spiro atoms. The van der Waals surface area contributed by atoms with E-state index in [4.69, 9.17) is 0 Å². The van der Waals surface area contributed by atoms with Gasteiger partial charge in [0.15, 0.2) is 0 Å². The van der Waals surface area contributed by atoms with Crippen molar-refractivity contribution in [1.29, 1.82) is 0 Å². The van der Waals surface area contributed by atoms with Gasteiger partial charge < -0.3 is 10.1 Å². The lowest BCUT2D eigenvalue weighted by Crippen LogP contribution is -2.23. The Labute approximate surface area is 134 Å². The fraction of sp³-hybridized carbons (Fsp3) is 0.222. The summed E-state index contributed by atoms with van der Waals surface area (Å²) in [7, 11) is 1.33. The Morgan fingerprint density at radius 2 is 1.61 bits per heavy atom. The number of rotatable bonds is 6. The SMILES string of the molecule is COC(=O)c1ccc(CNC(=O)CCc2ccc(F)cc2)cc1. The van der Waals surface area contributed by atoms with E-state index >= 15 is 0 Å². The zero-order valence-corrected chi connectivity index (χ0v) is 12.8. The van der Waals surface area contributed by atoms with Crippen molar-refractivity contribution in [3.63, 3.8) is 0 Å². The molecule has 5 heteroatoms. The molecule has 0 atom stereocenters. The number of ether oxygens (including phenoxy) is 1. The van der Waals surface area contributed by atoms with Crippen molar-refractivity contribution in [3.8, 4) is 0 Å². The van der Waals surface area contributed by atoms with Crippen LogP contribution in [0.25, 0.3) is 0 Å². The molecule has 23 heavy (non-hydrogen) atoms. The maximum Gasteiger partial charge on any atom is 0.337 e. The van der Waals surface area contributed by atoms with Gasteiger partial charge in [-0.2, -0.15) is 0 Å². The fourth-order valence-corrected chi connectivity index (χ4v) is 2.07. The van der Waals surface area contributed by atoms with Crippen LogP contribution in [0.2, 0.25) is 0 Å². The number of esters is 1. The summed E-state index contributed by atoms with van der Waals surface area (Å²) in [5.41, 5.74) is 2.29. The smallest absolute Gasteiger partial charge is 0.337 e. The van der Waals surface area contributed by atoms with Crippen LogP contribution in [0.4, 0.5) is 4.39 Å². The van der Waals surface area contributed by atoms with Crippen molar-refractivity contribution in [3.05, 3.63) is 71.0 Å². The van der Waals surface area contributed by atoms with E-state index in [1.165, 1.54) is 19.2 Å². The third kappa shape index (κ3) is 5.21. The van der Waals surface area contributed by atoms with E-state index in [2.05, 4.69) is 10.1 Å². The summed E-state index contributed by atoms with van der Waals surface area (Å²) in [5, 5.41) is 2.81.